The van der Waals surface area contributed by atoms with Crippen molar-refractivity contribution < 1.29 is 19.0 Å². The molecule has 1 unspecified atom stereocenters. The maximum absolute atomic E-state index is 13.5. The van der Waals surface area contributed by atoms with Gasteiger partial charge >= 0.3 is 0 Å². The highest BCUT2D eigenvalue weighted by atomic mass is 35.5. The molecule has 3 aromatic carbocycles. The molecule has 0 aliphatic carbocycles. The molecule has 0 saturated heterocycles. The second kappa shape index (κ2) is 10.2. The van der Waals surface area contributed by atoms with E-state index in [-0.39, 0.29) is 11.9 Å². The van der Waals surface area contributed by atoms with Crippen LogP contribution in [-0.2, 0) is 12.8 Å². The third kappa shape index (κ3) is 4.93. The van der Waals surface area contributed by atoms with E-state index < -0.39 is 0 Å². The van der Waals surface area contributed by atoms with Crippen molar-refractivity contribution in [2.45, 2.75) is 25.8 Å². The van der Waals surface area contributed by atoms with Crippen LogP contribution in [0.1, 0.15) is 40.0 Å². The minimum Gasteiger partial charge on any atom is -0.493 e. The molecule has 0 N–H and O–H groups in total. The molecular formula is C27H28ClNO4. The molecule has 0 saturated carbocycles. The molecular weight excluding hydrogens is 438 g/mol. The van der Waals surface area contributed by atoms with E-state index in [1.165, 1.54) is 5.56 Å². The van der Waals surface area contributed by atoms with Crippen molar-refractivity contribution in [2.75, 3.05) is 27.4 Å². The summed E-state index contributed by atoms with van der Waals surface area (Å²) in [5.41, 5.74) is 3.93. The zero-order valence-corrected chi connectivity index (χ0v) is 19.9. The fourth-order valence-corrected chi connectivity index (χ4v) is 4.43. The first-order valence-electron chi connectivity index (χ1n) is 11.1. The van der Waals surface area contributed by atoms with Crippen LogP contribution in [0.2, 0.25) is 5.02 Å². The molecule has 0 spiro atoms. The van der Waals surface area contributed by atoms with Gasteiger partial charge in [0, 0.05) is 17.1 Å². The Kier molecular flexibility index (Phi) is 7.09. The lowest BCUT2D eigenvalue weighted by Gasteiger charge is -2.37. The standard InChI is InChI=1S/C27H28ClNO4/c1-4-18-8-10-22(11-9-18)33-17-24-23-16-26(32-3)25(31-2)15-19(23)12-13-29(24)27(30)20-6-5-7-21(28)14-20/h5-11,14-16,24H,4,12-13,17H2,1-3H3. The highest BCUT2D eigenvalue weighted by Crippen LogP contribution is 2.39. The number of carbonyl (C=O) groups excluding carboxylic acids is 1. The fraction of sp³-hybridized carbons (Fsp3) is 0.296. The Morgan fingerprint density at radius 1 is 1.03 bits per heavy atom. The van der Waals surface area contributed by atoms with Gasteiger partial charge in [-0.15, -0.1) is 0 Å². The van der Waals surface area contributed by atoms with Crippen molar-refractivity contribution in [3.63, 3.8) is 0 Å². The van der Waals surface area contributed by atoms with Gasteiger partial charge in [-0.2, -0.15) is 0 Å². The molecule has 1 heterocycles. The van der Waals surface area contributed by atoms with Gasteiger partial charge in [-0.05, 0) is 72.0 Å². The number of ether oxygens (including phenoxy) is 3. The summed E-state index contributed by atoms with van der Waals surface area (Å²) in [7, 11) is 3.24. The van der Waals surface area contributed by atoms with E-state index in [1.807, 2.05) is 29.2 Å². The van der Waals surface area contributed by atoms with Crippen LogP contribution in [0.3, 0.4) is 0 Å². The number of hydrogen-bond acceptors (Lipinski definition) is 4. The average Bonchev–Trinajstić information content (AvgIpc) is 2.86. The molecule has 3 aromatic rings. The molecule has 1 aliphatic heterocycles. The van der Waals surface area contributed by atoms with Crippen LogP contribution in [0, 0.1) is 0 Å². The number of fused-ring (bicyclic) bond motifs is 1. The fourth-order valence-electron chi connectivity index (χ4n) is 4.23. The van der Waals surface area contributed by atoms with Gasteiger partial charge in [0.25, 0.3) is 5.91 Å². The molecule has 5 nitrogen and oxygen atoms in total. The Labute approximate surface area is 199 Å². The van der Waals surface area contributed by atoms with E-state index in [2.05, 4.69) is 19.1 Å². The number of methoxy groups -OCH3 is 2. The van der Waals surface area contributed by atoms with Gasteiger partial charge in [-0.3, -0.25) is 4.79 Å². The van der Waals surface area contributed by atoms with Crippen LogP contribution < -0.4 is 14.2 Å². The Hall–Kier alpha value is -3.18. The minimum absolute atomic E-state index is 0.0761. The van der Waals surface area contributed by atoms with E-state index in [0.29, 0.717) is 41.7 Å². The average molecular weight is 466 g/mol. The lowest BCUT2D eigenvalue weighted by atomic mass is 9.91. The van der Waals surface area contributed by atoms with Crippen molar-refractivity contribution in [2.24, 2.45) is 0 Å². The summed E-state index contributed by atoms with van der Waals surface area (Å²) >= 11 is 6.16. The molecule has 1 aliphatic rings. The summed E-state index contributed by atoms with van der Waals surface area (Å²) in [6.07, 6.45) is 1.68. The smallest absolute Gasteiger partial charge is 0.254 e. The largest absolute Gasteiger partial charge is 0.493 e. The number of rotatable bonds is 7. The number of aryl methyl sites for hydroxylation is 1. The van der Waals surface area contributed by atoms with Gasteiger partial charge in [-0.1, -0.05) is 36.7 Å². The normalized spacial score (nSPS) is 15.0. The first kappa shape index (κ1) is 23.0. The van der Waals surface area contributed by atoms with Gasteiger partial charge < -0.3 is 19.1 Å². The van der Waals surface area contributed by atoms with Gasteiger partial charge in [0.1, 0.15) is 12.4 Å². The monoisotopic (exact) mass is 465 g/mol. The van der Waals surface area contributed by atoms with Crippen molar-refractivity contribution in [1.82, 2.24) is 4.90 Å². The molecule has 1 amide bonds. The summed E-state index contributed by atoms with van der Waals surface area (Å²) < 4.78 is 17.2. The molecule has 0 radical (unpaired) electrons. The summed E-state index contributed by atoms with van der Waals surface area (Å²) in [5.74, 6) is 2.01. The van der Waals surface area contributed by atoms with Crippen LogP contribution in [-0.4, -0.2) is 38.2 Å². The summed E-state index contributed by atoms with van der Waals surface area (Å²) in [4.78, 5) is 15.4. The quantitative estimate of drug-likeness (QED) is 0.446. The first-order chi connectivity index (χ1) is 16.0. The maximum Gasteiger partial charge on any atom is 0.254 e. The van der Waals surface area contributed by atoms with Crippen LogP contribution in [0.4, 0.5) is 0 Å². The number of halogens is 1. The summed E-state index contributed by atoms with van der Waals surface area (Å²) in [6.45, 7) is 3.01. The third-order valence-corrected chi connectivity index (χ3v) is 6.31. The number of carbonyl (C=O) groups is 1. The third-order valence-electron chi connectivity index (χ3n) is 6.07. The molecule has 172 valence electrons. The lowest BCUT2D eigenvalue weighted by molar-refractivity contribution is 0.0589. The van der Waals surface area contributed by atoms with Gasteiger partial charge in [0.2, 0.25) is 0 Å². The zero-order chi connectivity index (χ0) is 23.4. The Balaban J connectivity index is 1.69. The Morgan fingerprint density at radius 2 is 1.76 bits per heavy atom. The number of nitrogens with zero attached hydrogens (tertiary/aromatic N) is 1. The zero-order valence-electron chi connectivity index (χ0n) is 19.1. The van der Waals surface area contributed by atoms with Crippen molar-refractivity contribution in [3.8, 4) is 17.2 Å². The maximum atomic E-state index is 13.5. The van der Waals surface area contributed by atoms with E-state index in [4.69, 9.17) is 25.8 Å². The molecule has 0 bridgehead atoms. The first-order valence-corrected chi connectivity index (χ1v) is 11.4. The minimum atomic E-state index is -0.286. The van der Waals surface area contributed by atoms with E-state index in [1.54, 1.807) is 38.5 Å². The lowest BCUT2D eigenvalue weighted by Crippen LogP contribution is -2.42. The number of benzene rings is 3. The van der Waals surface area contributed by atoms with E-state index in [0.717, 1.165) is 23.3 Å². The second-order valence-electron chi connectivity index (χ2n) is 7.99. The summed E-state index contributed by atoms with van der Waals surface area (Å²) in [6, 6.07) is 18.8. The number of amides is 1. The Bertz CT molecular complexity index is 1130. The van der Waals surface area contributed by atoms with Crippen LogP contribution in [0.5, 0.6) is 17.2 Å². The van der Waals surface area contributed by atoms with E-state index >= 15 is 0 Å². The van der Waals surface area contributed by atoms with Crippen LogP contribution >= 0.6 is 11.6 Å². The molecule has 4 rings (SSSR count). The number of hydrogen-bond donors (Lipinski definition) is 0. The molecule has 1 atom stereocenters. The molecule has 0 aromatic heterocycles. The van der Waals surface area contributed by atoms with Crippen molar-refractivity contribution in [3.05, 3.63) is 87.9 Å². The second-order valence-corrected chi connectivity index (χ2v) is 8.43. The van der Waals surface area contributed by atoms with Gasteiger partial charge in [0.15, 0.2) is 11.5 Å². The topological polar surface area (TPSA) is 48.0 Å². The molecule has 6 heteroatoms. The molecule has 0 fully saturated rings. The van der Waals surface area contributed by atoms with Crippen LogP contribution in [0.15, 0.2) is 60.7 Å². The van der Waals surface area contributed by atoms with Gasteiger partial charge in [0.05, 0.1) is 20.3 Å². The predicted molar refractivity (Wildman–Crippen MR) is 130 cm³/mol. The summed E-state index contributed by atoms with van der Waals surface area (Å²) in [5, 5.41) is 0.536. The van der Waals surface area contributed by atoms with Crippen molar-refractivity contribution in [1.29, 1.82) is 0 Å². The highest BCUT2D eigenvalue weighted by molar-refractivity contribution is 6.30. The van der Waals surface area contributed by atoms with Crippen LogP contribution in [0.25, 0.3) is 0 Å². The predicted octanol–water partition coefficient (Wildman–Crippen LogP) is 5.74. The van der Waals surface area contributed by atoms with Crippen molar-refractivity contribution >= 4 is 17.5 Å². The molecule has 33 heavy (non-hydrogen) atoms. The van der Waals surface area contributed by atoms with Gasteiger partial charge in [-0.25, -0.2) is 0 Å². The van der Waals surface area contributed by atoms with E-state index in [9.17, 15) is 4.79 Å². The SMILES string of the molecule is CCc1ccc(OCC2c3cc(OC)c(OC)cc3CCN2C(=O)c2cccc(Cl)c2)cc1. The Morgan fingerprint density at radius 3 is 2.42 bits per heavy atom. The highest BCUT2D eigenvalue weighted by Gasteiger charge is 2.33.